The number of anilines is 1. The van der Waals surface area contributed by atoms with Gasteiger partial charge in [-0.05, 0) is 61.4 Å². The Kier molecular flexibility index (Phi) is 5.11. The molecule has 0 spiro atoms. The largest absolute Gasteiger partial charge is 0.346 e. The summed E-state index contributed by atoms with van der Waals surface area (Å²) in [7, 11) is 0. The number of hydrogen-bond donors (Lipinski definition) is 2. The Hall–Kier alpha value is -3.49. The van der Waals surface area contributed by atoms with Gasteiger partial charge >= 0.3 is 11.7 Å². The lowest BCUT2D eigenvalue weighted by molar-refractivity contribution is 0.251. The highest BCUT2D eigenvalue weighted by Crippen LogP contribution is 2.36. The summed E-state index contributed by atoms with van der Waals surface area (Å²) in [6, 6.07) is 10.9. The number of carbonyl (C=O) groups is 1. The molecule has 0 saturated heterocycles. The van der Waals surface area contributed by atoms with Gasteiger partial charge in [0, 0.05) is 23.8 Å². The Morgan fingerprint density at radius 2 is 1.66 bits per heavy atom. The van der Waals surface area contributed by atoms with Crippen molar-refractivity contribution in [3.63, 3.8) is 0 Å². The Morgan fingerprint density at radius 3 is 2.28 bits per heavy atom. The maximum absolute atomic E-state index is 13.2. The lowest BCUT2D eigenvalue weighted by Crippen LogP contribution is -2.34. The van der Waals surface area contributed by atoms with E-state index in [0.29, 0.717) is 17.1 Å². The molecule has 150 valence electrons. The fourth-order valence-electron chi connectivity index (χ4n) is 3.01. The van der Waals surface area contributed by atoms with Gasteiger partial charge in [-0.25, -0.2) is 23.1 Å². The zero-order valence-corrected chi connectivity index (χ0v) is 15.4. The molecule has 0 radical (unpaired) electrons. The van der Waals surface area contributed by atoms with E-state index in [1.54, 1.807) is 16.7 Å². The lowest BCUT2D eigenvalue weighted by atomic mass is 10.2. The van der Waals surface area contributed by atoms with Gasteiger partial charge in [0.05, 0.1) is 6.54 Å². The van der Waals surface area contributed by atoms with Gasteiger partial charge < -0.3 is 10.6 Å². The van der Waals surface area contributed by atoms with Crippen LogP contribution in [-0.2, 0) is 6.54 Å². The molecule has 7 nitrogen and oxygen atoms in total. The molecule has 9 heteroatoms. The van der Waals surface area contributed by atoms with E-state index >= 15 is 0 Å². The first-order chi connectivity index (χ1) is 14.0. The summed E-state index contributed by atoms with van der Waals surface area (Å²) in [5.41, 5.74) is 0.862. The van der Waals surface area contributed by atoms with Crippen LogP contribution in [0.15, 0.2) is 53.3 Å². The van der Waals surface area contributed by atoms with Crippen molar-refractivity contribution in [2.75, 3.05) is 11.9 Å². The monoisotopic (exact) mass is 399 g/mol. The Balaban J connectivity index is 1.43. The number of rotatable bonds is 6. The standard InChI is InChI=1S/C20H19F2N5O2/c21-14-3-1-13(2-4-14)18-25-26(20(29)27(18)17-9-10-17)12-11-23-19(28)24-16-7-5-15(22)6-8-16/h1-8,17H,9-12H2,(H2,23,24,28). The Bertz CT molecular complexity index is 1070. The third kappa shape index (κ3) is 4.34. The first-order valence-electron chi connectivity index (χ1n) is 9.27. The average molecular weight is 399 g/mol. The van der Waals surface area contributed by atoms with Gasteiger partial charge in [-0.15, -0.1) is 5.10 Å². The molecular weight excluding hydrogens is 380 g/mol. The van der Waals surface area contributed by atoms with Gasteiger partial charge in [0.15, 0.2) is 5.82 Å². The van der Waals surface area contributed by atoms with E-state index in [4.69, 9.17) is 0 Å². The fraction of sp³-hybridized carbons (Fsp3) is 0.250. The minimum Gasteiger partial charge on any atom is -0.336 e. The topological polar surface area (TPSA) is 81.0 Å². The molecule has 1 heterocycles. The van der Waals surface area contributed by atoms with Crippen LogP contribution in [0.1, 0.15) is 18.9 Å². The van der Waals surface area contributed by atoms with Crippen LogP contribution in [0, 0.1) is 11.6 Å². The average Bonchev–Trinajstić information content (AvgIpc) is 3.49. The number of aromatic nitrogens is 3. The summed E-state index contributed by atoms with van der Waals surface area (Å²) in [5, 5.41) is 9.61. The predicted molar refractivity (Wildman–Crippen MR) is 104 cm³/mol. The number of carbonyl (C=O) groups excluding carboxylic acids is 1. The quantitative estimate of drug-likeness (QED) is 0.668. The number of nitrogens with zero attached hydrogens (tertiary/aromatic N) is 3. The van der Waals surface area contributed by atoms with E-state index in [0.717, 1.165) is 12.8 Å². The van der Waals surface area contributed by atoms with Crippen LogP contribution < -0.4 is 16.3 Å². The summed E-state index contributed by atoms with van der Waals surface area (Å²) >= 11 is 0. The van der Waals surface area contributed by atoms with Crippen LogP contribution in [0.4, 0.5) is 19.3 Å². The molecule has 1 aromatic heterocycles. The Labute approximate surface area is 165 Å². The maximum atomic E-state index is 13.2. The summed E-state index contributed by atoms with van der Waals surface area (Å²) in [6.45, 7) is 0.362. The van der Waals surface area contributed by atoms with Gasteiger partial charge in [-0.3, -0.25) is 4.57 Å². The molecule has 1 aliphatic rings. The van der Waals surface area contributed by atoms with Gasteiger partial charge in [-0.2, -0.15) is 0 Å². The first kappa shape index (κ1) is 18.9. The van der Waals surface area contributed by atoms with E-state index < -0.39 is 11.8 Å². The molecule has 1 aliphatic carbocycles. The molecule has 3 aromatic rings. The van der Waals surface area contributed by atoms with Crippen molar-refractivity contribution in [3.05, 3.63) is 70.6 Å². The normalized spacial score (nSPS) is 13.3. The number of nitrogens with one attached hydrogen (secondary N) is 2. The highest BCUT2D eigenvalue weighted by Gasteiger charge is 2.30. The predicted octanol–water partition coefficient (Wildman–Crippen LogP) is 3.15. The van der Waals surface area contributed by atoms with Crippen LogP contribution in [0.2, 0.25) is 0 Å². The van der Waals surface area contributed by atoms with E-state index in [2.05, 4.69) is 15.7 Å². The number of benzene rings is 2. The van der Waals surface area contributed by atoms with E-state index in [1.165, 1.54) is 41.1 Å². The van der Waals surface area contributed by atoms with Crippen LogP contribution in [0.25, 0.3) is 11.4 Å². The summed E-state index contributed by atoms with van der Waals surface area (Å²) in [6.07, 6.45) is 1.80. The van der Waals surface area contributed by atoms with E-state index in [1.807, 2.05) is 0 Å². The molecule has 2 N–H and O–H groups in total. The number of amides is 2. The third-order valence-corrected chi connectivity index (χ3v) is 4.60. The Morgan fingerprint density at radius 1 is 1.03 bits per heavy atom. The zero-order chi connectivity index (χ0) is 20.4. The van der Waals surface area contributed by atoms with Crippen LogP contribution in [-0.4, -0.2) is 26.9 Å². The third-order valence-electron chi connectivity index (χ3n) is 4.60. The van der Waals surface area contributed by atoms with Crippen molar-refractivity contribution < 1.29 is 13.6 Å². The molecule has 0 atom stereocenters. The van der Waals surface area contributed by atoms with E-state index in [9.17, 15) is 18.4 Å². The second kappa shape index (κ2) is 7.86. The number of halogens is 2. The summed E-state index contributed by atoms with van der Waals surface area (Å²) < 4.78 is 29.1. The van der Waals surface area contributed by atoms with Crippen molar-refractivity contribution in [2.45, 2.75) is 25.4 Å². The molecule has 29 heavy (non-hydrogen) atoms. The summed E-state index contributed by atoms with van der Waals surface area (Å²) in [5.74, 6) is -0.253. The van der Waals surface area contributed by atoms with Gasteiger partial charge in [0.25, 0.3) is 0 Å². The maximum Gasteiger partial charge on any atom is 0.346 e. The fourth-order valence-corrected chi connectivity index (χ4v) is 3.01. The van der Waals surface area contributed by atoms with Crippen molar-refractivity contribution in [2.24, 2.45) is 0 Å². The smallest absolute Gasteiger partial charge is 0.336 e. The van der Waals surface area contributed by atoms with Gasteiger partial charge in [0.2, 0.25) is 0 Å². The molecule has 0 bridgehead atoms. The lowest BCUT2D eigenvalue weighted by Gasteiger charge is -2.07. The minimum atomic E-state index is -0.468. The minimum absolute atomic E-state index is 0.103. The van der Waals surface area contributed by atoms with Gasteiger partial charge in [-0.1, -0.05) is 0 Å². The highest BCUT2D eigenvalue weighted by molar-refractivity contribution is 5.89. The molecule has 4 rings (SSSR count). The van der Waals surface area contributed by atoms with Crippen LogP contribution >= 0.6 is 0 Å². The number of urea groups is 1. The molecule has 2 amide bonds. The number of hydrogen-bond acceptors (Lipinski definition) is 3. The second-order valence-corrected chi connectivity index (χ2v) is 6.83. The zero-order valence-electron chi connectivity index (χ0n) is 15.4. The molecule has 1 saturated carbocycles. The SMILES string of the molecule is O=C(NCCn1nc(-c2ccc(F)cc2)n(C2CC2)c1=O)Nc1ccc(F)cc1. The first-order valence-corrected chi connectivity index (χ1v) is 9.27. The van der Waals surface area contributed by atoms with Crippen LogP contribution in [0.3, 0.4) is 0 Å². The van der Waals surface area contributed by atoms with Crippen molar-refractivity contribution in [1.29, 1.82) is 0 Å². The van der Waals surface area contributed by atoms with Crippen LogP contribution in [0.5, 0.6) is 0 Å². The van der Waals surface area contributed by atoms with Crippen molar-refractivity contribution in [1.82, 2.24) is 19.7 Å². The second-order valence-electron chi connectivity index (χ2n) is 6.83. The van der Waals surface area contributed by atoms with E-state index in [-0.39, 0.29) is 30.6 Å². The van der Waals surface area contributed by atoms with Crippen molar-refractivity contribution >= 4 is 11.7 Å². The van der Waals surface area contributed by atoms with Crippen molar-refractivity contribution in [3.8, 4) is 11.4 Å². The highest BCUT2D eigenvalue weighted by atomic mass is 19.1. The molecule has 0 unspecified atom stereocenters. The summed E-state index contributed by atoms with van der Waals surface area (Å²) in [4.78, 5) is 24.7. The molecule has 1 fully saturated rings. The molecule has 2 aromatic carbocycles. The molecular formula is C20H19F2N5O2. The molecule has 0 aliphatic heterocycles. The van der Waals surface area contributed by atoms with Gasteiger partial charge in [0.1, 0.15) is 11.6 Å².